The van der Waals surface area contributed by atoms with Gasteiger partial charge in [-0.25, -0.2) is 0 Å². The lowest BCUT2D eigenvalue weighted by molar-refractivity contribution is -0.132. The molecule has 2 unspecified atom stereocenters. The zero-order valence-corrected chi connectivity index (χ0v) is 11.5. The van der Waals surface area contributed by atoms with Gasteiger partial charge < -0.3 is 10.0 Å². The second-order valence-electron chi connectivity index (χ2n) is 5.57. The van der Waals surface area contributed by atoms with Crippen LogP contribution < -0.4 is 0 Å². The molecule has 1 heterocycles. The summed E-state index contributed by atoms with van der Waals surface area (Å²) < 4.78 is 0.122. The zero-order chi connectivity index (χ0) is 12.3. The molecule has 4 heteroatoms. The minimum absolute atomic E-state index is 0.122. The molecule has 3 nitrogen and oxygen atoms in total. The Morgan fingerprint density at radius 1 is 1.50 bits per heavy atom. The van der Waals surface area contributed by atoms with E-state index in [-0.39, 0.29) is 16.8 Å². The fourth-order valence-electron chi connectivity index (χ4n) is 1.64. The molecule has 0 aromatic carbocycles. The number of aliphatic hydroxyl groups excluding tert-OH is 1. The number of carbonyl (C=O) groups excluding carboxylic acids is 1. The first-order chi connectivity index (χ1) is 7.29. The number of nitrogens with zero attached hydrogens (tertiary/aromatic N) is 1. The van der Waals surface area contributed by atoms with Crippen LogP contribution in [0.2, 0.25) is 0 Å². The molecule has 1 aliphatic rings. The van der Waals surface area contributed by atoms with E-state index in [9.17, 15) is 9.90 Å². The Bertz CT molecular complexity index is 250. The highest BCUT2D eigenvalue weighted by Crippen LogP contribution is 2.24. The Morgan fingerprint density at radius 3 is 2.62 bits per heavy atom. The average molecular weight is 245 g/mol. The first-order valence-electron chi connectivity index (χ1n) is 5.89. The predicted molar refractivity (Wildman–Crippen MR) is 68.6 cm³/mol. The number of carbonyl (C=O) groups is 1. The lowest BCUT2D eigenvalue weighted by atomic mass is 9.96. The molecule has 1 amide bonds. The molecule has 1 saturated heterocycles. The van der Waals surface area contributed by atoms with Gasteiger partial charge in [0.05, 0.1) is 11.9 Å². The van der Waals surface area contributed by atoms with Crippen molar-refractivity contribution in [1.29, 1.82) is 0 Å². The van der Waals surface area contributed by atoms with E-state index < -0.39 is 0 Å². The van der Waals surface area contributed by atoms with E-state index in [1.165, 1.54) is 0 Å². The van der Waals surface area contributed by atoms with Gasteiger partial charge in [-0.1, -0.05) is 27.7 Å². The lowest BCUT2D eigenvalue weighted by Crippen LogP contribution is -2.46. The monoisotopic (exact) mass is 245 g/mol. The van der Waals surface area contributed by atoms with E-state index in [0.717, 1.165) is 13.0 Å². The molecule has 0 radical (unpaired) electrons. The molecule has 0 spiro atoms. The molecule has 1 fully saturated rings. The van der Waals surface area contributed by atoms with Crippen LogP contribution in [0.15, 0.2) is 0 Å². The van der Waals surface area contributed by atoms with Gasteiger partial charge in [-0.3, -0.25) is 4.79 Å². The second kappa shape index (κ2) is 5.41. The van der Waals surface area contributed by atoms with E-state index >= 15 is 0 Å². The van der Waals surface area contributed by atoms with Crippen LogP contribution in [0, 0.1) is 5.92 Å². The Morgan fingerprint density at radius 2 is 2.12 bits per heavy atom. The van der Waals surface area contributed by atoms with Crippen LogP contribution in [0.1, 0.15) is 34.1 Å². The van der Waals surface area contributed by atoms with Gasteiger partial charge in [-0.05, 0) is 12.3 Å². The first kappa shape index (κ1) is 13.8. The van der Waals surface area contributed by atoms with Crippen LogP contribution in [-0.2, 0) is 4.79 Å². The number of aliphatic hydroxyl groups is 1. The van der Waals surface area contributed by atoms with Gasteiger partial charge in [-0.15, -0.1) is 11.8 Å². The molecule has 2 atom stereocenters. The highest BCUT2D eigenvalue weighted by Gasteiger charge is 2.27. The summed E-state index contributed by atoms with van der Waals surface area (Å²) in [6.45, 7) is 9.66. The standard InChI is InChI=1S/C12H23NO2S/c1-9-5-6-13(7-10(9)14)11(15)8-16-12(2,3)4/h9-10,14H,5-8H2,1-4H3. The summed E-state index contributed by atoms with van der Waals surface area (Å²) in [5.74, 6) is 0.995. The number of hydrogen-bond acceptors (Lipinski definition) is 3. The van der Waals surface area contributed by atoms with Crippen LogP contribution >= 0.6 is 11.8 Å². The number of piperidine rings is 1. The molecule has 0 aliphatic carbocycles. The zero-order valence-electron chi connectivity index (χ0n) is 10.7. The van der Waals surface area contributed by atoms with E-state index in [4.69, 9.17) is 0 Å². The Labute approximate surface area is 103 Å². The summed E-state index contributed by atoms with van der Waals surface area (Å²) >= 11 is 1.66. The molecule has 0 saturated carbocycles. The van der Waals surface area contributed by atoms with Crippen molar-refractivity contribution in [1.82, 2.24) is 4.90 Å². The average Bonchev–Trinajstić information content (AvgIpc) is 2.17. The minimum atomic E-state index is -0.350. The van der Waals surface area contributed by atoms with Crippen molar-refractivity contribution in [2.45, 2.75) is 45.0 Å². The summed E-state index contributed by atoms with van der Waals surface area (Å²) in [5.41, 5.74) is 0. The third kappa shape index (κ3) is 4.34. The van der Waals surface area contributed by atoms with Gasteiger partial charge in [0.2, 0.25) is 5.91 Å². The minimum Gasteiger partial charge on any atom is -0.391 e. The molecule has 94 valence electrons. The summed E-state index contributed by atoms with van der Waals surface area (Å²) in [5, 5.41) is 9.72. The van der Waals surface area contributed by atoms with Crippen molar-refractivity contribution in [3.8, 4) is 0 Å². The van der Waals surface area contributed by atoms with Crippen LogP contribution in [0.4, 0.5) is 0 Å². The number of thioether (sulfide) groups is 1. The second-order valence-corrected chi connectivity index (χ2v) is 7.38. The summed E-state index contributed by atoms with van der Waals surface area (Å²) in [6.07, 6.45) is 0.560. The Hall–Kier alpha value is -0.220. The molecular weight excluding hydrogens is 222 g/mol. The highest BCUT2D eigenvalue weighted by atomic mass is 32.2. The maximum Gasteiger partial charge on any atom is 0.232 e. The smallest absolute Gasteiger partial charge is 0.232 e. The van der Waals surface area contributed by atoms with E-state index in [1.54, 1.807) is 16.7 Å². The highest BCUT2D eigenvalue weighted by molar-refractivity contribution is 8.01. The predicted octanol–water partition coefficient (Wildman–Crippen LogP) is 1.75. The Balaban J connectivity index is 2.38. The van der Waals surface area contributed by atoms with Crippen molar-refractivity contribution in [3.63, 3.8) is 0 Å². The summed E-state index contributed by atoms with van der Waals surface area (Å²) in [4.78, 5) is 13.7. The SMILES string of the molecule is CC1CCN(C(=O)CSC(C)(C)C)CC1O. The molecule has 1 rings (SSSR count). The number of amides is 1. The number of β-amino-alcohol motifs (C(OH)–C–C–N with tert-alkyl or cyclic N) is 1. The summed E-state index contributed by atoms with van der Waals surface area (Å²) in [7, 11) is 0. The maximum atomic E-state index is 11.9. The molecular formula is C12H23NO2S. The molecule has 1 aliphatic heterocycles. The maximum absolute atomic E-state index is 11.9. The first-order valence-corrected chi connectivity index (χ1v) is 6.88. The molecule has 0 bridgehead atoms. The summed E-state index contributed by atoms with van der Waals surface area (Å²) in [6, 6.07) is 0. The van der Waals surface area contributed by atoms with Crippen molar-refractivity contribution in [3.05, 3.63) is 0 Å². The molecule has 1 N–H and O–H groups in total. The van der Waals surface area contributed by atoms with E-state index in [2.05, 4.69) is 20.8 Å². The normalized spacial score (nSPS) is 26.9. The number of hydrogen-bond donors (Lipinski definition) is 1. The number of rotatable bonds is 2. The van der Waals surface area contributed by atoms with Gasteiger partial charge in [0.1, 0.15) is 0 Å². The molecule has 0 aromatic heterocycles. The fourth-order valence-corrected chi connectivity index (χ4v) is 2.38. The van der Waals surface area contributed by atoms with Crippen LogP contribution in [0.3, 0.4) is 0 Å². The van der Waals surface area contributed by atoms with Crippen LogP contribution in [0.25, 0.3) is 0 Å². The molecule has 0 aromatic rings. The van der Waals surface area contributed by atoms with Crippen LogP contribution in [0.5, 0.6) is 0 Å². The van der Waals surface area contributed by atoms with Crippen molar-refractivity contribution in [2.24, 2.45) is 5.92 Å². The van der Waals surface area contributed by atoms with Crippen molar-refractivity contribution in [2.75, 3.05) is 18.8 Å². The van der Waals surface area contributed by atoms with E-state index in [0.29, 0.717) is 18.2 Å². The van der Waals surface area contributed by atoms with Gasteiger partial charge in [-0.2, -0.15) is 0 Å². The van der Waals surface area contributed by atoms with Gasteiger partial charge >= 0.3 is 0 Å². The van der Waals surface area contributed by atoms with Gasteiger partial charge in [0.15, 0.2) is 0 Å². The van der Waals surface area contributed by atoms with Crippen molar-refractivity contribution < 1.29 is 9.90 Å². The fraction of sp³-hybridized carbons (Fsp3) is 0.917. The quantitative estimate of drug-likeness (QED) is 0.806. The third-order valence-corrected chi connectivity index (χ3v) is 4.16. The topological polar surface area (TPSA) is 40.5 Å². The third-order valence-electron chi connectivity index (χ3n) is 2.90. The van der Waals surface area contributed by atoms with Crippen molar-refractivity contribution >= 4 is 17.7 Å². The van der Waals surface area contributed by atoms with Crippen LogP contribution in [-0.4, -0.2) is 45.6 Å². The number of likely N-dealkylation sites (tertiary alicyclic amines) is 1. The van der Waals surface area contributed by atoms with E-state index in [1.807, 2.05) is 6.92 Å². The largest absolute Gasteiger partial charge is 0.391 e. The Kier molecular flexibility index (Phi) is 4.68. The van der Waals surface area contributed by atoms with Gasteiger partial charge in [0, 0.05) is 17.8 Å². The molecule has 16 heavy (non-hydrogen) atoms. The lowest BCUT2D eigenvalue weighted by Gasteiger charge is -2.34. The van der Waals surface area contributed by atoms with Gasteiger partial charge in [0.25, 0.3) is 0 Å².